The molecule has 6 nitrogen and oxygen atoms in total. The van der Waals surface area contributed by atoms with Crippen LogP contribution in [0, 0.1) is 13.8 Å². The first kappa shape index (κ1) is 18.1. The van der Waals surface area contributed by atoms with Crippen LogP contribution in [0.3, 0.4) is 0 Å². The van der Waals surface area contributed by atoms with Gasteiger partial charge in [0, 0.05) is 17.0 Å². The summed E-state index contributed by atoms with van der Waals surface area (Å²) in [5, 5.41) is 7.76. The predicted octanol–water partition coefficient (Wildman–Crippen LogP) is 3.77. The van der Waals surface area contributed by atoms with Crippen LogP contribution < -0.4 is 9.47 Å². The van der Waals surface area contributed by atoms with E-state index < -0.39 is 0 Å². The monoisotopic (exact) mass is 401 g/mol. The Kier molecular flexibility index (Phi) is 5.18. The molecule has 1 aliphatic rings. The van der Waals surface area contributed by atoms with Crippen LogP contribution in [0.4, 0.5) is 0 Å². The van der Waals surface area contributed by atoms with Crippen LogP contribution in [0.5, 0.6) is 11.5 Å². The van der Waals surface area contributed by atoms with Crippen LogP contribution in [-0.2, 0) is 6.54 Å². The third-order valence-corrected chi connectivity index (χ3v) is 6.35. The van der Waals surface area contributed by atoms with E-state index in [4.69, 9.17) is 9.47 Å². The summed E-state index contributed by atoms with van der Waals surface area (Å²) in [5.74, 6) is 2.00. The number of rotatable bonds is 6. The molecule has 140 valence electrons. The van der Waals surface area contributed by atoms with Gasteiger partial charge in [0.05, 0.1) is 12.3 Å². The fraction of sp³-hybridized carbons (Fsp3) is 0.316. The number of carbonyl (C=O) groups excluding carboxylic acids is 1. The van der Waals surface area contributed by atoms with Gasteiger partial charge in [-0.2, -0.15) is 0 Å². The molecule has 0 saturated carbocycles. The van der Waals surface area contributed by atoms with Gasteiger partial charge < -0.3 is 14.0 Å². The second-order valence-corrected chi connectivity index (χ2v) is 8.37. The average Bonchev–Trinajstić information content (AvgIpc) is 3.30. The van der Waals surface area contributed by atoms with Crippen LogP contribution in [0.2, 0.25) is 0 Å². The maximum atomic E-state index is 12.6. The summed E-state index contributed by atoms with van der Waals surface area (Å²) < 4.78 is 14.8. The fourth-order valence-electron chi connectivity index (χ4n) is 3.15. The lowest BCUT2D eigenvalue weighted by Gasteiger charge is -2.27. The molecule has 8 heteroatoms. The van der Waals surface area contributed by atoms with E-state index in [0.717, 1.165) is 32.8 Å². The van der Waals surface area contributed by atoms with Crippen molar-refractivity contribution in [2.45, 2.75) is 30.8 Å². The molecule has 0 N–H and O–H groups in total. The number of hydrogen-bond donors (Lipinski definition) is 0. The molecular formula is C19H19N3O3S2. The summed E-state index contributed by atoms with van der Waals surface area (Å²) in [6, 6.07) is 9.64. The summed E-state index contributed by atoms with van der Waals surface area (Å²) in [4.78, 5) is 12.6. The SMILES string of the molecule is Cc1cc(C(=O)CSc2nncs2)c(C)n1C[C@@H]1COc2ccccc2O1. The lowest BCUT2D eigenvalue weighted by Crippen LogP contribution is -2.33. The molecule has 2 aromatic heterocycles. The minimum Gasteiger partial charge on any atom is -0.486 e. The zero-order valence-electron chi connectivity index (χ0n) is 15.0. The van der Waals surface area contributed by atoms with E-state index in [1.54, 1.807) is 5.51 Å². The molecule has 0 saturated heterocycles. The highest BCUT2D eigenvalue weighted by atomic mass is 32.2. The predicted molar refractivity (Wildman–Crippen MR) is 105 cm³/mol. The highest BCUT2D eigenvalue weighted by Crippen LogP contribution is 2.31. The van der Waals surface area contributed by atoms with Crippen molar-refractivity contribution < 1.29 is 14.3 Å². The van der Waals surface area contributed by atoms with Crippen molar-refractivity contribution in [1.82, 2.24) is 14.8 Å². The molecule has 0 aliphatic carbocycles. The zero-order chi connectivity index (χ0) is 18.8. The van der Waals surface area contributed by atoms with Gasteiger partial charge in [0.15, 0.2) is 27.7 Å². The van der Waals surface area contributed by atoms with Gasteiger partial charge in [-0.1, -0.05) is 35.2 Å². The molecule has 1 aliphatic heterocycles. The van der Waals surface area contributed by atoms with Gasteiger partial charge in [-0.3, -0.25) is 4.79 Å². The number of aromatic nitrogens is 3. The fourth-order valence-corrected chi connectivity index (χ4v) is 4.52. The van der Waals surface area contributed by atoms with Gasteiger partial charge in [-0.05, 0) is 32.0 Å². The highest BCUT2D eigenvalue weighted by molar-refractivity contribution is 8.01. The number of nitrogens with zero attached hydrogens (tertiary/aromatic N) is 3. The topological polar surface area (TPSA) is 66.2 Å². The molecule has 0 spiro atoms. The molecule has 1 aromatic carbocycles. The van der Waals surface area contributed by atoms with Crippen molar-refractivity contribution in [2.24, 2.45) is 0 Å². The minimum atomic E-state index is -0.0941. The molecule has 0 unspecified atom stereocenters. The molecular weight excluding hydrogens is 382 g/mol. The lowest BCUT2D eigenvalue weighted by atomic mass is 10.2. The lowest BCUT2D eigenvalue weighted by molar-refractivity contribution is 0.0777. The first-order chi connectivity index (χ1) is 13.1. The summed E-state index contributed by atoms with van der Waals surface area (Å²) in [6.07, 6.45) is -0.0941. The molecule has 1 atom stereocenters. The molecule has 0 amide bonds. The Morgan fingerprint density at radius 1 is 1.33 bits per heavy atom. The number of para-hydroxylation sites is 2. The number of ketones is 1. The molecule has 0 radical (unpaired) electrons. The zero-order valence-corrected chi connectivity index (χ0v) is 16.7. The van der Waals surface area contributed by atoms with E-state index in [1.165, 1.54) is 23.1 Å². The van der Waals surface area contributed by atoms with E-state index in [1.807, 2.05) is 44.2 Å². The summed E-state index contributed by atoms with van der Waals surface area (Å²) >= 11 is 2.87. The highest BCUT2D eigenvalue weighted by Gasteiger charge is 2.24. The van der Waals surface area contributed by atoms with E-state index in [-0.39, 0.29) is 11.9 Å². The summed E-state index contributed by atoms with van der Waals surface area (Å²) in [6.45, 7) is 5.12. The van der Waals surface area contributed by atoms with Gasteiger partial charge in [-0.25, -0.2) is 0 Å². The van der Waals surface area contributed by atoms with Crippen LogP contribution in [0.25, 0.3) is 0 Å². The molecule has 0 bridgehead atoms. The molecule has 3 heterocycles. The number of hydrogen-bond acceptors (Lipinski definition) is 7. The number of fused-ring (bicyclic) bond motifs is 1. The normalized spacial score (nSPS) is 15.7. The van der Waals surface area contributed by atoms with Crippen LogP contribution >= 0.6 is 23.1 Å². The second-order valence-electron chi connectivity index (χ2n) is 6.31. The Morgan fingerprint density at radius 3 is 2.93 bits per heavy atom. The molecule has 27 heavy (non-hydrogen) atoms. The summed E-state index contributed by atoms with van der Waals surface area (Å²) in [5.41, 5.74) is 4.42. The Balaban J connectivity index is 1.45. The Hall–Kier alpha value is -2.32. The van der Waals surface area contributed by atoms with Crippen LogP contribution in [0.1, 0.15) is 21.7 Å². The third kappa shape index (κ3) is 3.86. The van der Waals surface area contributed by atoms with Crippen LogP contribution in [0.15, 0.2) is 40.2 Å². The maximum absolute atomic E-state index is 12.6. The maximum Gasteiger partial charge on any atom is 0.174 e. The van der Waals surface area contributed by atoms with Gasteiger partial charge in [0.2, 0.25) is 0 Å². The molecule has 0 fully saturated rings. The first-order valence-electron chi connectivity index (χ1n) is 8.59. The smallest absolute Gasteiger partial charge is 0.174 e. The number of aryl methyl sites for hydroxylation is 1. The van der Waals surface area contributed by atoms with E-state index in [9.17, 15) is 4.79 Å². The second kappa shape index (κ2) is 7.74. The Morgan fingerprint density at radius 2 is 2.15 bits per heavy atom. The van der Waals surface area contributed by atoms with Crippen molar-refractivity contribution in [3.63, 3.8) is 0 Å². The van der Waals surface area contributed by atoms with Crippen molar-refractivity contribution in [3.05, 3.63) is 52.8 Å². The van der Waals surface area contributed by atoms with Crippen molar-refractivity contribution in [3.8, 4) is 11.5 Å². The Labute approximate surface area is 165 Å². The number of benzene rings is 1. The standard InChI is InChI=1S/C19H19N3O3S2/c1-12-7-15(16(23)10-26-19-21-20-11-27-19)13(2)22(12)8-14-9-24-17-5-3-4-6-18(17)25-14/h3-7,11,14H,8-10H2,1-2H3/t14-/m1/s1. The van der Waals surface area contributed by atoms with Crippen molar-refractivity contribution in [2.75, 3.05) is 12.4 Å². The molecule has 3 aromatic rings. The minimum absolute atomic E-state index is 0.0941. The van der Waals surface area contributed by atoms with Crippen molar-refractivity contribution >= 4 is 28.9 Å². The van der Waals surface area contributed by atoms with E-state index in [2.05, 4.69) is 14.8 Å². The van der Waals surface area contributed by atoms with E-state index in [0.29, 0.717) is 18.9 Å². The number of carbonyl (C=O) groups is 1. The van der Waals surface area contributed by atoms with Gasteiger partial charge in [0.25, 0.3) is 0 Å². The number of Topliss-reactive ketones (excluding diaryl/α,β-unsaturated/α-hetero) is 1. The molecule has 4 rings (SSSR count). The largest absolute Gasteiger partial charge is 0.486 e. The third-order valence-electron chi connectivity index (χ3n) is 4.49. The van der Waals surface area contributed by atoms with Gasteiger partial charge in [-0.15, -0.1) is 10.2 Å². The Bertz CT molecular complexity index is 953. The van der Waals surface area contributed by atoms with Crippen LogP contribution in [-0.4, -0.2) is 39.0 Å². The van der Waals surface area contributed by atoms with Crippen molar-refractivity contribution in [1.29, 1.82) is 0 Å². The number of ether oxygens (including phenoxy) is 2. The number of thioether (sulfide) groups is 1. The summed E-state index contributed by atoms with van der Waals surface area (Å²) in [7, 11) is 0. The van der Waals surface area contributed by atoms with E-state index >= 15 is 0 Å². The van der Waals surface area contributed by atoms with Gasteiger partial charge >= 0.3 is 0 Å². The van der Waals surface area contributed by atoms with Gasteiger partial charge in [0.1, 0.15) is 12.1 Å². The first-order valence-corrected chi connectivity index (χ1v) is 10.5. The quantitative estimate of drug-likeness (QED) is 0.463. The average molecular weight is 402 g/mol.